The van der Waals surface area contributed by atoms with E-state index in [2.05, 4.69) is 4.90 Å². The summed E-state index contributed by atoms with van der Waals surface area (Å²) in [6.45, 7) is 8.47. The van der Waals surface area contributed by atoms with Gasteiger partial charge in [-0.1, -0.05) is 50.2 Å². The van der Waals surface area contributed by atoms with E-state index in [1.165, 1.54) is 10.7 Å². The monoisotopic (exact) mass is 504 g/mol. The Balaban J connectivity index is 1.86. The zero-order chi connectivity index (χ0) is 24.6. The second-order valence-corrected chi connectivity index (χ2v) is 11.9. The molecule has 2 aromatic rings. The maximum absolute atomic E-state index is 13.8. The lowest BCUT2D eigenvalue weighted by molar-refractivity contribution is -0.149. The van der Waals surface area contributed by atoms with Crippen LogP contribution in [0, 0.1) is 5.92 Å². The first-order chi connectivity index (χ1) is 16.3. The van der Waals surface area contributed by atoms with Gasteiger partial charge in [0.2, 0.25) is 10.0 Å². The van der Waals surface area contributed by atoms with E-state index >= 15 is 0 Å². The van der Waals surface area contributed by atoms with Crippen LogP contribution in [0.15, 0.2) is 69.3 Å². The number of likely N-dealkylation sites (tertiary alicyclic amines) is 1. The predicted molar refractivity (Wildman–Crippen MR) is 136 cm³/mol. The van der Waals surface area contributed by atoms with Gasteiger partial charge in [0, 0.05) is 22.9 Å². The van der Waals surface area contributed by atoms with E-state index in [0.717, 1.165) is 35.7 Å². The van der Waals surface area contributed by atoms with Gasteiger partial charge in [0.25, 0.3) is 0 Å². The minimum Gasteiger partial charge on any atom is -0.465 e. The summed E-state index contributed by atoms with van der Waals surface area (Å²) >= 11 is 1.58. The lowest BCUT2D eigenvalue weighted by Crippen LogP contribution is -2.51. The van der Waals surface area contributed by atoms with Crippen molar-refractivity contribution in [2.75, 3.05) is 32.8 Å². The van der Waals surface area contributed by atoms with Crippen molar-refractivity contribution < 1.29 is 17.9 Å². The molecular formula is C26H36N2O4S2. The summed E-state index contributed by atoms with van der Waals surface area (Å²) in [6.07, 6.45) is 3.46. The summed E-state index contributed by atoms with van der Waals surface area (Å²) in [5.41, 5.74) is 0. The topological polar surface area (TPSA) is 66.9 Å². The van der Waals surface area contributed by atoms with Crippen molar-refractivity contribution in [3.05, 3.63) is 54.6 Å². The number of nitrogens with zero attached hydrogens (tertiary/aromatic N) is 2. The highest BCUT2D eigenvalue weighted by molar-refractivity contribution is 7.99. The molecule has 0 aliphatic carbocycles. The molecule has 0 N–H and O–H groups in total. The molecule has 1 atom stereocenters. The molecule has 0 spiro atoms. The molecule has 0 saturated carbocycles. The summed E-state index contributed by atoms with van der Waals surface area (Å²) in [5.74, 6) is -0.709. The van der Waals surface area contributed by atoms with Gasteiger partial charge in [-0.05, 0) is 75.2 Å². The van der Waals surface area contributed by atoms with Crippen molar-refractivity contribution in [2.24, 2.45) is 5.92 Å². The number of hydrogen-bond donors (Lipinski definition) is 0. The SMILES string of the molecule is CCOC(=O)[C@@H](C(C)C)N(CCN1CCCCC1)S(=O)(=O)c1ccc(Sc2ccccc2)cc1. The molecule has 1 aliphatic heterocycles. The Bertz CT molecular complexity index is 1000. The Morgan fingerprint density at radius 1 is 1.00 bits per heavy atom. The fourth-order valence-electron chi connectivity index (χ4n) is 4.22. The van der Waals surface area contributed by atoms with Gasteiger partial charge in [-0.3, -0.25) is 4.79 Å². The van der Waals surface area contributed by atoms with Crippen molar-refractivity contribution in [2.45, 2.75) is 60.8 Å². The van der Waals surface area contributed by atoms with Crippen LogP contribution in [0.4, 0.5) is 0 Å². The molecule has 6 nitrogen and oxygen atoms in total. The minimum absolute atomic E-state index is 0.193. The van der Waals surface area contributed by atoms with Crippen LogP contribution in [0.25, 0.3) is 0 Å². The van der Waals surface area contributed by atoms with Crippen LogP contribution in [0.1, 0.15) is 40.0 Å². The van der Waals surface area contributed by atoms with Crippen molar-refractivity contribution in [1.82, 2.24) is 9.21 Å². The number of esters is 1. The van der Waals surface area contributed by atoms with E-state index in [0.29, 0.717) is 6.54 Å². The molecule has 0 bridgehead atoms. The number of piperidine rings is 1. The molecule has 1 fully saturated rings. The third-order valence-corrected chi connectivity index (χ3v) is 8.88. The zero-order valence-corrected chi connectivity index (χ0v) is 22.0. The molecule has 1 aliphatic rings. The van der Waals surface area contributed by atoms with Gasteiger partial charge < -0.3 is 9.64 Å². The number of carbonyl (C=O) groups excluding carboxylic acids is 1. The third-order valence-electron chi connectivity index (χ3n) is 5.96. The smallest absolute Gasteiger partial charge is 0.324 e. The molecule has 186 valence electrons. The van der Waals surface area contributed by atoms with Crippen molar-refractivity contribution >= 4 is 27.8 Å². The molecule has 34 heavy (non-hydrogen) atoms. The van der Waals surface area contributed by atoms with Crippen molar-refractivity contribution in [3.63, 3.8) is 0 Å². The first kappa shape index (κ1) is 26.7. The van der Waals surface area contributed by atoms with Crippen LogP contribution in [-0.2, 0) is 19.6 Å². The van der Waals surface area contributed by atoms with E-state index in [4.69, 9.17) is 4.74 Å². The lowest BCUT2D eigenvalue weighted by atomic mass is 10.0. The van der Waals surface area contributed by atoms with E-state index in [1.807, 2.05) is 56.3 Å². The predicted octanol–water partition coefficient (Wildman–Crippen LogP) is 4.90. The fourth-order valence-corrected chi connectivity index (χ4v) is 6.76. The Hall–Kier alpha value is -1.87. The van der Waals surface area contributed by atoms with E-state index in [1.54, 1.807) is 30.8 Å². The van der Waals surface area contributed by atoms with Gasteiger partial charge in [-0.15, -0.1) is 0 Å². The molecule has 8 heteroatoms. The maximum atomic E-state index is 13.8. The third kappa shape index (κ3) is 7.07. The molecule has 0 unspecified atom stereocenters. The highest BCUT2D eigenvalue weighted by Crippen LogP contribution is 2.30. The molecule has 0 aromatic heterocycles. The number of rotatable bonds is 11. The summed E-state index contributed by atoms with van der Waals surface area (Å²) in [5, 5.41) is 0. The van der Waals surface area contributed by atoms with Gasteiger partial charge >= 0.3 is 5.97 Å². The van der Waals surface area contributed by atoms with Crippen molar-refractivity contribution in [3.8, 4) is 0 Å². The van der Waals surface area contributed by atoms with Gasteiger partial charge in [0.05, 0.1) is 11.5 Å². The van der Waals surface area contributed by atoms with Gasteiger partial charge in [0.15, 0.2) is 0 Å². The van der Waals surface area contributed by atoms with Crippen LogP contribution >= 0.6 is 11.8 Å². The molecule has 1 heterocycles. The second-order valence-electron chi connectivity index (χ2n) is 8.85. The molecule has 1 saturated heterocycles. The number of benzene rings is 2. The summed E-state index contributed by atoms with van der Waals surface area (Å²) in [4.78, 5) is 17.4. The average molecular weight is 505 g/mol. The Kier molecular flexibility index (Phi) is 10.0. The first-order valence-corrected chi connectivity index (χ1v) is 14.3. The molecule has 3 rings (SSSR count). The van der Waals surface area contributed by atoms with Gasteiger partial charge in [0.1, 0.15) is 6.04 Å². The maximum Gasteiger partial charge on any atom is 0.324 e. The van der Waals surface area contributed by atoms with Crippen LogP contribution in [0.2, 0.25) is 0 Å². The molecule has 0 radical (unpaired) electrons. The molecule has 2 aromatic carbocycles. The number of ether oxygens (including phenoxy) is 1. The van der Waals surface area contributed by atoms with E-state index in [-0.39, 0.29) is 24.0 Å². The largest absolute Gasteiger partial charge is 0.465 e. The van der Waals surface area contributed by atoms with E-state index < -0.39 is 22.0 Å². The Morgan fingerprint density at radius 2 is 1.62 bits per heavy atom. The number of hydrogen-bond acceptors (Lipinski definition) is 6. The highest BCUT2D eigenvalue weighted by Gasteiger charge is 2.39. The minimum atomic E-state index is -3.90. The van der Waals surface area contributed by atoms with Crippen LogP contribution in [0.5, 0.6) is 0 Å². The Labute approximate surface area is 208 Å². The Morgan fingerprint density at radius 3 is 2.21 bits per heavy atom. The normalized spacial score (nSPS) is 16.0. The van der Waals surface area contributed by atoms with Gasteiger partial charge in [-0.25, -0.2) is 8.42 Å². The summed E-state index contributed by atoms with van der Waals surface area (Å²) < 4.78 is 34.3. The average Bonchev–Trinajstić information content (AvgIpc) is 2.83. The van der Waals surface area contributed by atoms with Crippen LogP contribution in [0.3, 0.4) is 0 Å². The highest BCUT2D eigenvalue weighted by atomic mass is 32.2. The summed E-state index contributed by atoms with van der Waals surface area (Å²) in [6, 6.07) is 16.0. The van der Waals surface area contributed by atoms with Crippen LogP contribution in [-0.4, -0.2) is 62.4 Å². The van der Waals surface area contributed by atoms with Crippen LogP contribution < -0.4 is 0 Å². The molecular weight excluding hydrogens is 468 g/mol. The summed E-state index contributed by atoms with van der Waals surface area (Å²) in [7, 11) is -3.90. The van der Waals surface area contributed by atoms with E-state index in [9.17, 15) is 13.2 Å². The number of sulfonamides is 1. The number of carbonyl (C=O) groups is 1. The van der Waals surface area contributed by atoms with Crippen molar-refractivity contribution in [1.29, 1.82) is 0 Å². The van der Waals surface area contributed by atoms with Gasteiger partial charge in [-0.2, -0.15) is 4.31 Å². The quantitative estimate of drug-likeness (QED) is 0.406. The lowest BCUT2D eigenvalue weighted by Gasteiger charge is -2.34. The first-order valence-electron chi connectivity index (χ1n) is 12.1. The fraction of sp³-hybridized carbons (Fsp3) is 0.500. The molecule has 0 amide bonds. The zero-order valence-electron chi connectivity index (χ0n) is 20.4. The standard InChI is InChI=1S/C26H36N2O4S2/c1-4-32-26(29)25(21(2)3)28(20-19-27-17-9-6-10-18-27)34(30,31)24-15-13-23(14-16-24)33-22-11-7-5-8-12-22/h5,7-8,11-16,21,25H,4,6,9-10,17-20H2,1-3H3/t25-/m1/s1. The second kappa shape index (κ2) is 12.7.